The molecule has 30 heavy (non-hydrogen) atoms. The molecule has 0 radical (unpaired) electrons. The number of nitro benzene ring substituents is 1. The number of hydrogen-bond donors (Lipinski definition) is 1. The van der Waals surface area contributed by atoms with Gasteiger partial charge in [-0.15, -0.1) is 0 Å². The van der Waals surface area contributed by atoms with E-state index >= 15 is 0 Å². The zero-order valence-corrected chi connectivity index (χ0v) is 17.3. The van der Waals surface area contributed by atoms with Crippen molar-refractivity contribution in [3.05, 3.63) is 64.0 Å². The van der Waals surface area contributed by atoms with Crippen molar-refractivity contribution in [1.82, 2.24) is 14.9 Å². The maximum Gasteiger partial charge on any atom is 0.295 e. The summed E-state index contributed by atoms with van der Waals surface area (Å²) in [7, 11) is 0. The van der Waals surface area contributed by atoms with Gasteiger partial charge in [-0.2, -0.15) is 0 Å². The Hall–Kier alpha value is -3.26. The number of aromatic nitrogens is 2. The number of hydrogen-bond acceptors (Lipinski definition) is 7. The Labute approximate surface area is 175 Å². The van der Waals surface area contributed by atoms with Crippen LogP contribution in [0.5, 0.6) is 0 Å². The summed E-state index contributed by atoms with van der Waals surface area (Å²) in [4.78, 5) is 24.8. The molecule has 0 amide bonds. The first-order valence-electron chi connectivity index (χ1n) is 10.3. The third-order valence-corrected chi connectivity index (χ3v) is 5.58. The lowest BCUT2D eigenvalue weighted by atomic mass is 10.1. The van der Waals surface area contributed by atoms with Gasteiger partial charge in [0, 0.05) is 61.8 Å². The summed E-state index contributed by atoms with van der Waals surface area (Å²) in [5, 5.41) is 15.5. The van der Waals surface area contributed by atoms with Crippen molar-refractivity contribution in [2.45, 2.75) is 20.4 Å². The molecule has 0 spiro atoms. The average Bonchev–Trinajstić information content (AvgIpc) is 2.77. The number of nitrogens with zero attached hydrogens (tertiary/aromatic N) is 5. The number of aryl methyl sites for hydroxylation is 1. The number of non-ortho nitro benzene ring substituents is 1. The number of fused-ring (bicyclic) bond motifs is 1. The Balaban J connectivity index is 1.48. The van der Waals surface area contributed by atoms with Gasteiger partial charge in [-0.3, -0.25) is 10.1 Å². The van der Waals surface area contributed by atoms with Crippen LogP contribution in [0.1, 0.15) is 18.2 Å². The number of anilines is 2. The van der Waals surface area contributed by atoms with Gasteiger partial charge in [0.2, 0.25) is 0 Å². The summed E-state index contributed by atoms with van der Waals surface area (Å²) in [6, 6.07) is 11.1. The highest BCUT2D eigenvalue weighted by molar-refractivity contribution is 5.96. The van der Waals surface area contributed by atoms with E-state index in [1.807, 2.05) is 25.3 Å². The summed E-state index contributed by atoms with van der Waals surface area (Å²) in [5.41, 5.74) is 3.05. The van der Waals surface area contributed by atoms with Crippen LogP contribution in [0.4, 0.5) is 17.2 Å². The lowest BCUT2D eigenvalue weighted by Crippen LogP contribution is -2.46. The van der Waals surface area contributed by atoms with Crippen molar-refractivity contribution in [1.29, 1.82) is 0 Å². The highest BCUT2D eigenvalue weighted by Crippen LogP contribution is 2.30. The van der Waals surface area contributed by atoms with Crippen LogP contribution in [0.25, 0.3) is 10.9 Å². The van der Waals surface area contributed by atoms with Crippen LogP contribution in [0.15, 0.2) is 42.6 Å². The van der Waals surface area contributed by atoms with Gasteiger partial charge in [-0.1, -0.05) is 25.1 Å². The van der Waals surface area contributed by atoms with E-state index in [4.69, 9.17) is 0 Å². The van der Waals surface area contributed by atoms with Crippen LogP contribution in [0.2, 0.25) is 0 Å². The van der Waals surface area contributed by atoms with Gasteiger partial charge in [0.25, 0.3) is 5.69 Å². The fourth-order valence-corrected chi connectivity index (χ4v) is 3.85. The molecule has 3 heterocycles. The number of piperazine rings is 1. The monoisotopic (exact) mass is 406 g/mol. The molecule has 4 rings (SSSR count). The minimum atomic E-state index is -0.387. The molecule has 0 atom stereocenters. The summed E-state index contributed by atoms with van der Waals surface area (Å²) in [5.74, 6) is 1.01. The van der Waals surface area contributed by atoms with Gasteiger partial charge in [-0.25, -0.2) is 9.97 Å². The molecule has 3 aromatic rings. The van der Waals surface area contributed by atoms with Crippen molar-refractivity contribution in [3.63, 3.8) is 0 Å². The minimum Gasteiger partial charge on any atom is -0.380 e. The van der Waals surface area contributed by atoms with E-state index in [-0.39, 0.29) is 10.6 Å². The fraction of sp³-hybridized carbons (Fsp3) is 0.364. The summed E-state index contributed by atoms with van der Waals surface area (Å²) < 4.78 is 0. The highest BCUT2D eigenvalue weighted by atomic mass is 16.6. The smallest absolute Gasteiger partial charge is 0.295 e. The Morgan fingerprint density at radius 2 is 1.97 bits per heavy atom. The molecule has 0 aliphatic carbocycles. The van der Waals surface area contributed by atoms with Gasteiger partial charge < -0.3 is 15.1 Å². The molecule has 156 valence electrons. The lowest BCUT2D eigenvalue weighted by molar-refractivity contribution is -0.383. The number of nitro groups is 1. The quantitative estimate of drug-likeness (QED) is 0.494. The molecule has 1 aliphatic rings. The van der Waals surface area contributed by atoms with Crippen LogP contribution >= 0.6 is 0 Å². The van der Waals surface area contributed by atoms with E-state index in [0.29, 0.717) is 12.1 Å². The standard InChI is InChI=1S/C22H26N6O2/c1-3-26-9-11-27(12-10-26)21-8-7-17(15-24-21)14-23-19-13-16(2)25-22-18(19)5-4-6-20(22)28(29)30/h4-8,13,15H,3,9-12,14H2,1-2H3,(H,23,25). The van der Waals surface area contributed by atoms with Crippen molar-refractivity contribution in [2.24, 2.45) is 0 Å². The van der Waals surface area contributed by atoms with Gasteiger partial charge in [-0.05, 0) is 31.2 Å². The van der Waals surface area contributed by atoms with Crippen LogP contribution in [-0.2, 0) is 6.54 Å². The number of pyridine rings is 2. The molecule has 1 fully saturated rings. The van der Waals surface area contributed by atoms with Gasteiger partial charge in [0.15, 0.2) is 5.52 Å². The SMILES string of the molecule is CCN1CCN(c2ccc(CNc3cc(C)nc4c([N+](=O)[O-])cccc34)cn2)CC1. The molecule has 1 aromatic carbocycles. The minimum absolute atomic E-state index is 0.0217. The first-order valence-corrected chi connectivity index (χ1v) is 10.3. The predicted molar refractivity (Wildman–Crippen MR) is 119 cm³/mol. The predicted octanol–water partition coefficient (Wildman–Crippen LogP) is 3.60. The van der Waals surface area contributed by atoms with Gasteiger partial charge in [0.1, 0.15) is 5.82 Å². The topological polar surface area (TPSA) is 87.4 Å². The zero-order valence-electron chi connectivity index (χ0n) is 17.3. The molecule has 1 N–H and O–H groups in total. The Morgan fingerprint density at radius 1 is 1.17 bits per heavy atom. The molecule has 0 saturated carbocycles. The molecule has 8 nitrogen and oxygen atoms in total. The third-order valence-electron chi connectivity index (χ3n) is 5.58. The van der Waals surface area contributed by atoms with Crippen molar-refractivity contribution in [2.75, 3.05) is 42.9 Å². The second-order valence-electron chi connectivity index (χ2n) is 7.54. The van der Waals surface area contributed by atoms with E-state index in [1.165, 1.54) is 6.07 Å². The lowest BCUT2D eigenvalue weighted by Gasteiger charge is -2.34. The normalized spacial score (nSPS) is 14.8. The molecular weight excluding hydrogens is 380 g/mol. The maximum atomic E-state index is 11.3. The van der Waals surface area contributed by atoms with Crippen LogP contribution < -0.4 is 10.2 Å². The van der Waals surface area contributed by atoms with E-state index in [0.717, 1.165) is 60.9 Å². The number of likely N-dealkylation sites (N-methyl/N-ethyl adjacent to an activating group) is 1. The largest absolute Gasteiger partial charge is 0.380 e. The molecule has 2 aromatic heterocycles. The van der Waals surface area contributed by atoms with Crippen molar-refractivity contribution >= 4 is 28.1 Å². The van der Waals surface area contributed by atoms with Gasteiger partial charge >= 0.3 is 0 Å². The summed E-state index contributed by atoms with van der Waals surface area (Å²) >= 11 is 0. The van der Waals surface area contributed by atoms with Crippen molar-refractivity contribution in [3.8, 4) is 0 Å². The number of para-hydroxylation sites is 1. The third kappa shape index (κ3) is 4.18. The molecule has 8 heteroatoms. The van der Waals surface area contributed by atoms with E-state index in [1.54, 1.807) is 6.07 Å². The summed E-state index contributed by atoms with van der Waals surface area (Å²) in [6.07, 6.45) is 1.90. The Morgan fingerprint density at radius 3 is 2.63 bits per heavy atom. The zero-order chi connectivity index (χ0) is 21.1. The van der Waals surface area contributed by atoms with Crippen LogP contribution in [0.3, 0.4) is 0 Å². The molecule has 1 aliphatic heterocycles. The molecule has 1 saturated heterocycles. The van der Waals surface area contributed by atoms with Crippen molar-refractivity contribution < 1.29 is 4.92 Å². The molecular formula is C22H26N6O2. The van der Waals surface area contributed by atoms with Gasteiger partial charge in [0.05, 0.1) is 4.92 Å². The Bertz CT molecular complexity index is 1050. The maximum absolute atomic E-state index is 11.3. The number of benzene rings is 1. The first-order chi connectivity index (χ1) is 14.5. The number of nitrogens with one attached hydrogen (secondary N) is 1. The van der Waals surface area contributed by atoms with E-state index in [2.05, 4.69) is 44.1 Å². The fourth-order valence-electron chi connectivity index (χ4n) is 3.85. The first kappa shape index (κ1) is 20.0. The number of rotatable bonds is 6. The van der Waals surface area contributed by atoms with Crippen LogP contribution in [0, 0.1) is 17.0 Å². The van der Waals surface area contributed by atoms with E-state index in [9.17, 15) is 10.1 Å². The highest BCUT2D eigenvalue weighted by Gasteiger charge is 2.17. The second kappa shape index (κ2) is 8.62. The Kier molecular flexibility index (Phi) is 5.76. The molecule has 0 unspecified atom stereocenters. The average molecular weight is 406 g/mol. The van der Waals surface area contributed by atoms with E-state index < -0.39 is 0 Å². The summed E-state index contributed by atoms with van der Waals surface area (Å²) in [6.45, 7) is 9.86. The molecule has 0 bridgehead atoms. The van der Waals surface area contributed by atoms with Crippen LogP contribution in [-0.4, -0.2) is 52.5 Å². The second-order valence-corrected chi connectivity index (χ2v) is 7.54.